The molecule has 0 rings (SSSR count). The summed E-state index contributed by atoms with van der Waals surface area (Å²) in [6.45, 7) is 3.40. The molecule has 0 saturated heterocycles. The lowest BCUT2D eigenvalue weighted by Gasteiger charge is -2.14. The van der Waals surface area contributed by atoms with Crippen molar-refractivity contribution in [3.05, 3.63) is 0 Å². The normalized spacial score (nSPS) is 11.9. The van der Waals surface area contributed by atoms with E-state index in [4.69, 9.17) is 0 Å². The van der Waals surface area contributed by atoms with Crippen LogP contribution in [0.1, 0.15) is 32.6 Å². The molecule has 0 spiro atoms. The van der Waals surface area contributed by atoms with Crippen molar-refractivity contribution < 1.29 is 9.59 Å². The Kier molecular flexibility index (Phi) is 9.70. The van der Waals surface area contributed by atoms with Gasteiger partial charge in [0, 0.05) is 13.1 Å². The Hall–Kier alpha value is -1.10. The van der Waals surface area contributed by atoms with Crippen LogP contribution in [0.4, 0.5) is 0 Å². The minimum Gasteiger partial charge on any atom is -0.359 e. The Morgan fingerprint density at radius 1 is 1.31 bits per heavy atom. The summed E-state index contributed by atoms with van der Waals surface area (Å²) < 4.78 is 0. The van der Waals surface area contributed by atoms with E-state index in [0.29, 0.717) is 19.5 Å². The predicted molar refractivity (Wildman–Crippen MR) is 64.1 cm³/mol. The molecule has 1 atom stereocenters. The molecule has 2 amide bonds. The number of nitrogens with one attached hydrogen (secondary N) is 3. The molecule has 0 aliphatic rings. The van der Waals surface area contributed by atoms with E-state index >= 15 is 0 Å². The van der Waals surface area contributed by atoms with Crippen LogP contribution < -0.4 is 16.0 Å². The van der Waals surface area contributed by atoms with Crippen LogP contribution in [0.2, 0.25) is 0 Å². The number of amides is 2. The van der Waals surface area contributed by atoms with E-state index in [1.165, 1.54) is 0 Å². The second kappa shape index (κ2) is 10.4. The molecule has 0 aliphatic heterocycles. The number of unbranched alkanes of at least 4 members (excludes halogenated alkanes) is 1. The van der Waals surface area contributed by atoms with E-state index in [9.17, 15) is 9.59 Å². The Balaban J connectivity index is 3.51. The lowest BCUT2D eigenvalue weighted by Crippen LogP contribution is -2.42. The minimum atomic E-state index is -0.0851. The first-order valence-corrected chi connectivity index (χ1v) is 5.88. The highest BCUT2D eigenvalue weighted by Gasteiger charge is 2.13. The van der Waals surface area contributed by atoms with Gasteiger partial charge in [0.2, 0.25) is 12.3 Å². The van der Waals surface area contributed by atoms with Crippen LogP contribution >= 0.6 is 0 Å². The topological polar surface area (TPSA) is 70.2 Å². The van der Waals surface area contributed by atoms with E-state index in [0.717, 1.165) is 25.7 Å². The molecule has 0 aromatic rings. The summed E-state index contributed by atoms with van der Waals surface area (Å²) in [5.74, 6) is 0.0627. The molecule has 0 unspecified atom stereocenters. The quantitative estimate of drug-likeness (QED) is 0.365. The highest BCUT2D eigenvalue weighted by Crippen LogP contribution is 1.96. The number of carbonyl (C=O) groups is 2. The largest absolute Gasteiger partial charge is 0.359 e. The fraction of sp³-hybridized carbons (Fsp3) is 0.818. The molecule has 0 fully saturated rings. The van der Waals surface area contributed by atoms with Gasteiger partial charge in [-0.2, -0.15) is 0 Å². The molecule has 0 aromatic heterocycles. The van der Waals surface area contributed by atoms with Crippen LogP contribution in [0.5, 0.6) is 0 Å². The zero-order chi connectivity index (χ0) is 12.2. The maximum atomic E-state index is 11.6. The third kappa shape index (κ3) is 7.23. The number of rotatable bonds is 10. The summed E-state index contributed by atoms with van der Waals surface area (Å²) in [4.78, 5) is 21.6. The molecule has 0 aliphatic carbocycles. The summed E-state index contributed by atoms with van der Waals surface area (Å²) in [7, 11) is 1.80. The Morgan fingerprint density at radius 3 is 2.56 bits per heavy atom. The van der Waals surface area contributed by atoms with E-state index in [1.807, 2.05) is 0 Å². The van der Waals surface area contributed by atoms with E-state index in [-0.39, 0.29) is 11.9 Å². The highest BCUT2D eigenvalue weighted by molar-refractivity contribution is 5.81. The SMILES string of the molecule is CCC[C@H](NC)C(=O)NCCCCNC=O. The van der Waals surface area contributed by atoms with Crippen molar-refractivity contribution in [3.63, 3.8) is 0 Å². The van der Waals surface area contributed by atoms with E-state index < -0.39 is 0 Å². The average molecular weight is 229 g/mol. The van der Waals surface area contributed by atoms with Gasteiger partial charge in [-0.25, -0.2) is 0 Å². The number of likely N-dealkylation sites (N-methyl/N-ethyl adjacent to an activating group) is 1. The molecule has 0 aromatic carbocycles. The van der Waals surface area contributed by atoms with Crippen molar-refractivity contribution in [2.75, 3.05) is 20.1 Å². The number of hydrogen-bond donors (Lipinski definition) is 3. The van der Waals surface area contributed by atoms with Gasteiger partial charge in [0.05, 0.1) is 6.04 Å². The minimum absolute atomic E-state index is 0.0627. The molecule has 16 heavy (non-hydrogen) atoms. The molecule has 0 bridgehead atoms. The van der Waals surface area contributed by atoms with Crippen LogP contribution in [0.25, 0.3) is 0 Å². The molecule has 0 saturated carbocycles. The highest BCUT2D eigenvalue weighted by atomic mass is 16.2. The van der Waals surface area contributed by atoms with Gasteiger partial charge in [0.15, 0.2) is 0 Å². The van der Waals surface area contributed by atoms with Crippen molar-refractivity contribution in [1.82, 2.24) is 16.0 Å². The van der Waals surface area contributed by atoms with Crippen LogP contribution in [0.15, 0.2) is 0 Å². The Bertz CT molecular complexity index is 198. The van der Waals surface area contributed by atoms with Crippen molar-refractivity contribution >= 4 is 12.3 Å². The second-order valence-electron chi connectivity index (χ2n) is 3.70. The molecular weight excluding hydrogens is 206 g/mol. The van der Waals surface area contributed by atoms with Crippen molar-refractivity contribution in [1.29, 1.82) is 0 Å². The van der Waals surface area contributed by atoms with E-state index in [1.54, 1.807) is 7.05 Å². The number of hydrogen-bond acceptors (Lipinski definition) is 3. The molecule has 0 heterocycles. The third-order valence-electron chi connectivity index (χ3n) is 2.37. The van der Waals surface area contributed by atoms with Gasteiger partial charge >= 0.3 is 0 Å². The first-order chi connectivity index (χ1) is 7.76. The standard InChI is InChI=1S/C11H23N3O2/c1-3-6-10(12-2)11(16)14-8-5-4-7-13-9-15/h9-10,12H,3-8H2,1-2H3,(H,13,15)(H,14,16)/t10-/m0/s1. The molecule has 5 nitrogen and oxygen atoms in total. The van der Waals surface area contributed by atoms with Gasteiger partial charge in [-0.15, -0.1) is 0 Å². The van der Waals surface area contributed by atoms with Gasteiger partial charge in [0.1, 0.15) is 0 Å². The summed E-state index contributed by atoms with van der Waals surface area (Å²) in [5.41, 5.74) is 0. The van der Waals surface area contributed by atoms with Crippen LogP contribution in [-0.4, -0.2) is 38.5 Å². The number of carbonyl (C=O) groups excluding carboxylic acids is 2. The Morgan fingerprint density at radius 2 is 2.00 bits per heavy atom. The molecule has 94 valence electrons. The van der Waals surface area contributed by atoms with Gasteiger partial charge < -0.3 is 16.0 Å². The summed E-state index contributed by atoms with van der Waals surface area (Å²) in [5, 5.41) is 8.46. The van der Waals surface area contributed by atoms with Crippen LogP contribution in [0, 0.1) is 0 Å². The first kappa shape index (κ1) is 14.9. The third-order valence-corrected chi connectivity index (χ3v) is 2.37. The maximum absolute atomic E-state index is 11.6. The van der Waals surface area contributed by atoms with Crippen molar-refractivity contribution in [3.8, 4) is 0 Å². The van der Waals surface area contributed by atoms with E-state index in [2.05, 4.69) is 22.9 Å². The second-order valence-corrected chi connectivity index (χ2v) is 3.70. The zero-order valence-electron chi connectivity index (χ0n) is 10.2. The Labute approximate surface area is 97.4 Å². The van der Waals surface area contributed by atoms with Crippen molar-refractivity contribution in [2.45, 2.75) is 38.6 Å². The lowest BCUT2D eigenvalue weighted by atomic mass is 10.1. The summed E-state index contributed by atoms with van der Waals surface area (Å²) in [6.07, 6.45) is 4.31. The molecule has 3 N–H and O–H groups in total. The zero-order valence-corrected chi connectivity index (χ0v) is 10.2. The fourth-order valence-corrected chi connectivity index (χ4v) is 1.44. The molecule has 0 radical (unpaired) electrons. The predicted octanol–water partition coefficient (Wildman–Crippen LogP) is 0.0169. The van der Waals surface area contributed by atoms with Gasteiger partial charge in [-0.1, -0.05) is 13.3 Å². The molecule has 5 heteroatoms. The monoisotopic (exact) mass is 229 g/mol. The average Bonchev–Trinajstić information content (AvgIpc) is 2.30. The summed E-state index contributed by atoms with van der Waals surface area (Å²) in [6, 6.07) is -0.0851. The van der Waals surface area contributed by atoms with Crippen LogP contribution in [0.3, 0.4) is 0 Å². The van der Waals surface area contributed by atoms with Gasteiger partial charge in [-0.3, -0.25) is 9.59 Å². The van der Waals surface area contributed by atoms with Crippen LogP contribution in [-0.2, 0) is 9.59 Å². The lowest BCUT2D eigenvalue weighted by molar-refractivity contribution is -0.123. The van der Waals surface area contributed by atoms with Crippen molar-refractivity contribution in [2.24, 2.45) is 0 Å². The summed E-state index contributed by atoms with van der Waals surface area (Å²) >= 11 is 0. The van der Waals surface area contributed by atoms with Gasteiger partial charge in [0.25, 0.3) is 0 Å². The van der Waals surface area contributed by atoms with Gasteiger partial charge in [-0.05, 0) is 26.3 Å². The maximum Gasteiger partial charge on any atom is 0.237 e. The smallest absolute Gasteiger partial charge is 0.237 e. The molecular formula is C11H23N3O2. The fourth-order valence-electron chi connectivity index (χ4n) is 1.44. The first-order valence-electron chi connectivity index (χ1n) is 5.88.